The summed E-state index contributed by atoms with van der Waals surface area (Å²) in [6.45, 7) is -0.728. The Balaban J connectivity index is 1.59. The van der Waals surface area contributed by atoms with E-state index in [2.05, 4.69) is 5.32 Å². The van der Waals surface area contributed by atoms with Crippen molar-refractivity contribution >= 4 is 35.5 Å². The normalized spacial score (nSPS) is 11.1. The molecule has 0 fully saturated rings. The first-order valence-corrected chi connectivity index (χ1v) is 9.04. The van der Waals surface area contributed by atoms with Crippen LogP contribution in [0, 0.1) is 0 Å². The van der Waals surface area contributed by atoms with Gasteiger partial charge in [0.15, 0.2) is 18.7 Å². The fraction of sp³-hybridized carbons (Fsp3) is 0.0952. The van der Waals surface area contributed by atoms with Crippen LogP contribution in [-0.2, 0) is 15.7 Å². The Hall–Kier alpha value is -3.59. The lowest BCUT2D eigenvalue weighted by atomic mass is 10.1. The van der Waals surface area contributed by atoms with E-state index < -0.39 is 30.2 Å². The number of hydrogen-bond acceptors (Lipinski definition) is 5. The van der Waals surface area contributed by atoms with Crippen molar-refractivity contribution in [2.75, 3.05) is 11.9 Å². The van der Waals surface area contributed by atoms with Gasteiger partial charge in [0.25, 0.3) is 5.91 Å². The van der Waals surface area contributed by atoms with Crippen molar-refractivity contribution < 1.29 is 36.7 Å². The number of alkyl halides is 3. The molecule has 0 spiro atoms. The number of hydrogen-bond donors (Lipinski definition) is 1. The molecule has 160 valence electrons. The third kappa shape index (κ3) is 5.52. The minimum Gasteiger partial charge on any atom is -0.453 e. The van der Waals surface area contributed by atoms with Gasteiger partial charge >= 0.3 is 12.1 Å². The lowest BCUT2D eigenvalue weighted by molar-refractivity contribution is -0.137. The van der Waals surface area contributed by atoms with Crippen LogP contribution in [0.15, 0.2) is 59.0 Å². The van der Waals surface area contributed by atoms with Crippen LogP contribution in [0.3, 0.4) is 0 Å². The van der Waals surface area contributed by atoms with Gasteiger partial charge in [0, 0.05) is 5.56 Å². The molecule has 0 aliphatic rings. The minimum atomic E-state index is -4.60. The highest BCUT2D eigenvalue weighted by molar-refractivity contribution is 6.33. The van der Waals surface area contributed by atoms with Crippen LogP contribution in [0.25, 0.3) is 11.3 Å². The maximum Gasteiger partial charge on any atom is 0.416 e. The molecule has 3 aromatic rings. The van der Waals surface area contributed by atoms with Crippen molar-refractivity contribution in [3.63, 3.8) is 0 Å². The number of rotatable bonds is 6. The maximum absolute atomic E-state index is 12.8. The molecular formula is C21H13ClF3NO5. The third-order valence-electron chi connectivity index (χ3n) is 4.05. The highest BCUT2D eigenvalue weighted by Gasteiger charge is 2.31. The van der Waals surface area contributed by atoms with E-state index in [1.807, 2.05) is 0 Å². The number of ether oxygens (including phenoxy) is 1. The zero-order valence-corrected chi connectivity index (χ0v) is 16.3. The summed E-state index contributed by atoms with van der Waals surface area (Å²) >= 11 is 5.81. The molecule has 3 rings (SSSR count). The van der Waals surface area contributed by atoms with Crippen LogP contribution in [-0.4, -0.2) is 24.8 Å². The maximum atomic E-state index is 12.8. The SMILES string of the molecule is O=Cc1ccc(-c2ccc(C(=O)OCC(=O)Nc3cc(C(F)(F)F)ccc3Cl)cc2)o1. The summed E-state index contributed by atoms with van der Waals surface area (Å²) in [6, 6.07) is 11.6. The number of esters is 1. The Kier molecular flexibility index (Phi) is 6.45. The number of nitrogens with one attached hydrogen (secondary N) is 1. The molecule has 6 nitrogen and oxygen atoms in total. The highest BCUT2D eigenvalue weighted by Crippen LogP contribution is 2.33. The number of carbonyl (C=O) groups is 3. The molecule has 0 saturated heterocycles. The summed E-state index contributed by atoms with van der Waals surface area (Å²) in [5.74, 6) is -1.09. The number of carbonyl (C=O) groups excluding carboxylic acids is 3. The summed E-state index contributed by atoms with van der Waals surface area (Å²) in [7, 11) is 0. The van der Waals surface area contributed by atoms with Crippen LogP contribution >= 0.6 is 11.6 Å². The van der Waals surface area contributed by atoms with E-state index >= 15 is 0 Å². The van der Waals surface area contributed by atoms with Gasteiger partial charge in [0.05, 0.1) is 21.8 Å². The summed E-state index contributed by atoms with van der Waals surface area (Å²) in [5.41, 5.74) is -0.492. The molecule has 0 bridgehead atoms. The quantitative estimate of drug-likeness (QED) is 0.410. The van der Waals surface area contributed by atoms with E-state index in [0.29, 0.717) is 23.7 Å². The van der Waals surface area contributed by atoms with Crippen molar-refractivity contribution in [2.45, 2.75) is 6.18 Å². The van der Waals surface area contributed by atoms with Crippen molar-refractivity contribution in [3.05, 3.63) is 76.5 Å². The molecule has 0 saturated carbocycles. The Labute approximate surface area is 178 Å². The average molecular weight is 452 g/mol. The first-order chi connectivity index (χ1) is 14.7. The standard InChI is InChI=1S/C21H13ClF3NO5/c22-16-7-5-14(21(23,24)25)9-17(16)26-19(28)11-30-20(29)13-3-1-12(2-4-13)18-8-6-15(10-27)31-18/h1-10H,11H2,(H,26,28). The fourth-order valence-corrected chi connectivity index (χ4v) is 2.70. The van der Waals surface area contributed by atoms with Crippen LogP contribution in [0.4, 0.5) is 18.9 Å². The van der Waals surface area contributed by atoms with Gasteiger partial charge < -0.3 is 14.5 Å². The van der Waals surface area contributed by atoms with Gasteiger partial charge in [-0.25, -0.2) is 4.79 Å². The van der Waals surface area contributed by atoms with Crippen LogP contribution < -0.4 is 5.32 Å². The Morgan fingerprint density at radius 1 is 1.06 bits per heavy atom. The predicted octanol–water partition coefficient (Wildman–Crippen LogP) is 5.23. The van der Waals surface area contributed by atoms with E-state index in [1.54, 1.807) is 18.2 Å². The Morgan fingerprint density at radius 3 is 2.39 bits per heavy atom. The molecule has 10 heteroatoms. The highest BCUT2D eigenvalue weighted by atomic mass is 35.5. The van der Waals surface area contributed by atoms with Crippen molar-refractivity contribution in [3.8, 4) is 11.3 Å². The number of benzene rings is 2. The van der Waals surface area contributed by atoms with Crippen LogP contribution in [0.2, 0.25) is 5.02 Å². The second kappa shape index (κ2) is 9.05. The second-order valence-electron chi connectivity index (χ2n) is 6.21. The molecule has 0 atom stereocenters. The number of furan rings is 1. The van der Waals surface area contributed by atoms with E-state index in [1.165, 1.54) is 18.2 Å². The van der Waals surface area contributed by atoms with Crippen molar-refractivity contribution in [1.29, 1.82) is 0 Å². The molecule has 0 aliphatic heterocycles. The number of halogens is 4. The minimum absolute atomic E-state index is 0.0982. The summed E-state index contributed by atoms with van der Waals surface area (Å²) in [6.07, 6.45) is -4.04. The van der Waals surface area contributed by atoms with Crippen molar-refractivity contribution in [1.82, 2.24) is 0 Å². The lowest BCUT2D eigenvalue weighted by Gasteiger charge is -2.12. The first-order valence-electron chi connectivity index (χ1n) is 8.66. The zero-order valence-electron chi connectivity index (χ0n) is 15.5. The Bertz CT molecular complexity index is 1120. The molecule has 1 N–H and O–H groups in total. The van der Waals surface area contributed by atoms with Crippen LogP contribution in [0.1, 0.15) is 26.5 Å². The van der Waals surface area contributed by atoms with Gasteiger partial charge in [-0.3, -0.25) is 9.59 Å². The zero-order chi connectivity index (χ0) is 22.6. The van der Waals surface area contributed by atoms with Crippen molar-refractivity contribution in [2.24, 2.45) is 0 Å². The molecule has 31 heavy (non-hydrogen) atoms. The van der Waals surface area contributed by atoms with Gasteiger partial charge in [-0.05, 0) is 42.5 Å². The Morgan fingerprint density at radius 2 is 1.77 bits per heavy atom. The molecule has 1 aromatic heterocycles. The molecule has 1 amide bonds. The van der Waals surface area contributed by atoms with E-state index in [-0.39, 0.29) is 22.0 Å². The smallest absolute Gasteiger partial charge is 0.416 e. The van der Waals surface area contributed by atoms with E-state index in [0.717, 1.165) is 12.1 Å². The first kappa shape index (κ1) is 22.1. The predicted molar refractivity (Wildman–Crippen MR) is 105 cm³/mol. The second-order valence-corrected chi connectivity index (χ2v) is 6.62. The molecule has 0 unspecified atom stereocenters. The largest absolute Gasteiger partial charge is 0.453 e. The van der Waals surface area contributed by atoms with Gasteiger partial charge in [0.1, 0.15) is 5.76 Å². The number of amides is 1. The number of aldehydes is 1. The van der Waals surface area contributed by atoms with Gasteiger partial charge in [-0.15, -0.1) is 0 Å². The molecule has 0 aliphatic carbocycles. The summed E-state index contributed by atoms with van der Waals surface area (Å²) in [5, 5.41) is 2.08. The van der Waals surface area contributed by atoms with E-state index in [9.17, 15) is 27.6 Å². The third-order valence-corrected chi connectivity index (χ3v) is 4.38. The van der Waals surface area contributed by atoms with Gasteiger partial charge in [0.2, 0.25) is 0 Å². The number of anilines is 1. The van der Waals surface area contributed by atoms with E-state index in [4.69, 9.17) is 20.8 Å². The topological polar surface area (TPSA) is 85.6 Å². The monoisotopic (exact) mass is 451 g/mol. The fourth-order valence-electron chi connectivity index (χ4n) is 2.54. The van der Waals surface area contributed by atoms with Gasteiger partial charge in [-0.1, -0.05) is 23.7 Å². The average Bonchev–Trinajstić information content (AvgIpc) is 3.22. The summed E-state index contributed by atoms with van der Waals surface area (Å²) < 4.78 is 48.5. The molecule has 0 radical (unpaired) electrons. The molecule has 1 heterocycles. The molecule has 2 aromatic carbocycles. The summed E-state index contributed by atoms with van der Waals surface area (Å²) in [4.78, 5) is 34.7. The lowest BCUT2D eigenvalue weighted by Crippen LogP contribution is -2.21. The van der Waals surface area contributed by atoms with Gasteiger partial charge in [-0.2, -0.15) is 13.2 Å². The van der Waals surface area contributed by atoms with Crippen LogP contribution in [0.5, 0.6) is 0 Å². The molecular weight excluding hydrogens is 439 g/mol.